The second-order valence-electron chi connectivity index (χ2n) is 5.25. The van der Waals surface area contributed by atoms with Gasteiger partial charge in [-0.15, -0.1) is 0 Å². The van der Waals surface area contributed by atoms with Crippen LogP contribution in [0.1, 0.15) is 31.7 Å². The maximum Gasteiger partial charge on any atom is 0.242 e. The maximum atomic E-state index is 12.4. The molecule has 0 saturated heterocycles. The summed E-state index contributed by atoms with van der Waals surface area (Å²) in [6.45, 7) is 0. The highest BCUT2D eigenvalue weighted by Gasteiger charge is 2.30. The van der Waals surface area contributed by atoms with Gasteiger partial charge in [0.2, 0.25) is 10.0 Å². The third-order valence-electron chi connectivity index (χ3n) is 3.85. The monoisotopic (exact) mass is 306 g/mol. The summed E-state index contributed by atoms with van der Waals surface area (Å²) >= 11 is 0. The molecule has 7 heteroatoms. The zero-order chi connectivity index (χ0) is 14.7. The van der Waals surface area contributed by atoms with Crippen molar-refractivity contribution in [3.63, 3.8) is 0 Å². The van der Waals surface area contributed by atoms with Crippen LogP contribution in [-0.4, -0.2) is 29.2 Å². The maximum absolute atomic E-state index is 12.4. The van der Waals surface area contributed by atoms with E-state index in [1.54, 1.807) is 24.5 Å². The van der Waals surface area contributed by atoms with Crippen molar-refractivity contribution >= 4 is 10.0 Å². The van der Waals surface area contributed by atoms with Crippen molar-refractivity contribution in [3.8, 4) is 0 Å². The second kappa shape index (κ2) is 5.95. The van der Waals surface area contributed by atoms with Gasteiger partial charge >= 0.3 is 0 Å². The van der Waals surface area contributed by atoms with Crippen LogP contribution in [0, 0.1) is 0 Å². The number of rotatable bonds is 4. The van der Waals surface area contributed by atoms with Crippen molar-refractivity contribution in [1.29, 1.82) is 0 Å². The fourth-order valence-corrected chi connectivity index (χ4v) is 4.08. The molecular weight excluding hydrogens is 288 g/mol. The number of nitrogens with zero attached hydrogens (tertiary/aromatic N) is 3. The fourth-order valence-electron chi connectivity index (χ4n) is 2.82. The predicted molar refractivity (Wildman–Crippen MR) is 78.1 cm³/mol. The highest BCUT2D eigenvalue weighted by molar-refractivity contribution is 7.89. The third-order valence-corrected chi connectivity index (χ3v) is 5.32. The molecule has 112 valence electrons. The van der Waals surface area contributed by atoms with Gasteiger partial charge in [0.25, 0.3) is 0 Å². The van der Waals surface area contributed by atoms with Gasteiger partial charge in [0.1, 0.15) is 4.90 Å². The van der Waals surface area contributed by atoms with Gasteiger partial charge in [-0.1, -0.05) is 12.8 Å². The minimum atomic E-state index is -3.54. The van der Waals surface area contributed by atoms with Crippen LogP contribution in [0.3, 0.4) is 0 Å². The number of hydrogen-bond donors (Lipinski definition) is 1. The number of aromatic nitrogens is 3. The normalized spacial score (nSPS) is 23.0. The minimum absolute atomic E-state index is 0.0696. The predicted octanol–water partition coefficient (Wildman–Crippen LogP) is 1.74. The van der Waals surface area contributed by atoms with E-state index >= 15 is 0 Å². The molecule has 0 spiro atoms. The lowest BCUT2D eigenvalue weighted by Gasteiger charge is -2.32. The van der Waals surface area contributed by atoms with Gasteiger partial charge in [-0.3, -0.25) is 9.67 Å². The molecule has 1 saturated carbocycles. The summed E-state index contributed by atoms with van der Waals surface area (Å²) in [6, 6.07) is 4.98. The molecular formula is C14H18N4O2S. The first-order valence-electron chi connectivity index (χ1n) is 7.08. The molecule has 1 N–H and O–H groups in total. The van der Waals surface area contributed by atoms with Gasteiger partial charge in [0.15, 0.2) is 0 Å². The van der Waals surface area contributed by atoms with E-state index in [0.717, 1.165) is 25.7 Å². The van der Waals surface area contributed by atoms with Crippen LogP contribution in [0.4, 0.5) is 0 Å². The summed E-state index contributed by atoms with van der Waals surface area (Å²) in [4.78, 5) is 4.08. The molecule has 2 atom stereocenters. The molecule has 2 aromatic rings. The van der Waals surface area contributed by atoms with Crippen LogP contribution in [0.2, 0.25) is 0 Å². The van der Waals surface area contributed by atoms with Crippen molar-refractivity contribution in [2.75, 3.05) is 0 Å². The van der Waals surface area contributed by atoms with Crippen molar-refractivity contribution in [3.05, 3.63) is 43.0 Å². The van der Waals surface area contributed by atoms with Crippen LogP contribution in [-0.2, 0) is 10.0 Å². The summed E-state index contributed by atoms with van der Waals surface area (Å²) in [5.74, 6) is 0. The molecule has 0 amide bonds. The van der Waals surface area contributed by atoms with Crippen molar-refractivity contribution in [2.24, 2.45) is 0 Å². The van der Waals surface area contributed by atoms with Gasteiger partial charge in [-0.2, -0.15) is 5.10 Å². The van der Waals surface area contributed by atoms with E-state index in [0.29, 0.717) is 0 Å². The van der Waals surface area contributed by atoms with Gasteiger partial charge in [-0.25, -0.2) is 13.1 Å². The molecule has 2 aromatic heterocycles. The van der Waals surface area contributed by atoms with Crippen LogP contribution in [0.15, 0.2) is 47.9 Å². The molecule has 0 aliphatic heterocycles. The number of sulfonamides is 1. The quantitative estimate of drug-likeness (QED) is 0.933. The summed E-state index contributed by atoms with van der Waals surface area (Å²) in [5, 5.41) is 4.26. The van der Waals surface area contributed by atoms with Crippen LogP contribution < -0.4 is 4.72 Å². The Hall–Kier alpha value is -1.73. The first-order chi connectivity index (χ1) is 10.2. The largest absolute Gasteiger partial charge is 0.268 e. The van der Waals surface area contributed by atoms with E-state index in [-0.39, 0.29) is 17.0 Å². The van der Waals surface area contributed by atoms with Gasteiger partial charge < -0.3 is 0 Å². The Bertz CT molecular complexity index is 670. The average Bonchev–Trinajstić information content (AvgIpc) is 3.02. The Morgan fingerprint density at radius 3 is 2.76 bits per heavy atom. The summed E-state index contributed by atoms with van der Waals surface area (Å²) in [7, 11) is -3.54. The molecule has 1 aliphatic carbocycles. The van der Waals surface area contributed by atoms with E-state index in [9.17, 15) is 8.42 Å². The first-order valence-corrected chi connectivity index (χ1v) is 8.56. The molecule has 3 rings (SSSR count). The molecule has 0 unspecified atom stereocenters. The average molecular weight is 306 g/mol. The highest BCUT2D eigenvalue weighted by atomic mass is 32.2. The zero-order valence-corrected chi connectivity index (χ0v) is 12.4. The van der Waals surface area contributed by atoms with E-state index < -0.39 is 10.0 Å². The van der Waals surface area contributed by atoms with Crippen LogP contribution >= 0.6 is 0 Å². The van der Waals surface area contributed by atoms with E-state index in [4.69, 9.17) is 0 Å². The van der Waals surface area contributed by atoms with Crippen LogP contribution in [0.5, 0.6) is 0 Å². The number of nitrogens with one attached hydrogen (secondary N) is 1. The fraction of sp³-hybridized carbons (Fsp3) is 0.429. The van der Waals surface area contributed by atoms with Gasteiger partial charge in [0.05, 0.1) is 6.04 Å². The Balaban J connectivity index is 1.82. The summed E-state index contributed by atoms with van der Waals surface area (Å²) in [5.41, 5.74) is 0. The smallest absolute Gasteiger partial charge is 0.242 e. The van der Waals surface area contributed by atoms with Crippen molar-refractivity contribution in [2.45, 2.75) is 42.7 Å². The lowest BCUT2D eigenvalue weighted by molar-refractivity contribution is 0.270. The summed E-state index contributed by atoms with van der Waals surface area (Å²) < 4.78 is 29.5. The Morgan fingerprint density at radius 2 is 2.05 bits per heavy atom. The number of pyridine rings is 1. The van der Waals surface area contributed by atoms with Crippen LogP contribution in [0.25, 0.3) is 0 Å². The standard InChI is InChI=1S/C14H18N4O2S/c19-21(20,12-5-3-8-15-11-12)17-13-6-1-2-7-14(13)18-10-4-9-16-18/h3-5,8-11,13-14,17H,1-2,6-7H2/t13-,14+/m1/s1. The molecule has 1 aliphatic rings. The number of hydrogen-bond acceptors (Lipinski definition) is 4. The minimum Gasteiger partial charge on any atom is -0.268 e. The SMILES string of the molecule is O=S(=O)(N[C@@H]1CCCC[C@@H]1n1cccn1)c1cccnc1. The van der Waals surface area contributed by atoms with E-state index in [2.05, 4.69) is 14.8 Å². The lowest BCUT2D eigenvalue weighted by Crippen LogP contribution is -2.43. The Kier molecular flexibility index (Phi) is 4.03. The molecule has 0 aromatic carbocycles. The first kappa shape index (κ1) is 14.2. The molecule has 0 bridgehead atoms. The lowest BCUT2D eigenvalue weighted by atomic mass is 9.91. The molecule has 2 heterocycles. The molecule has 6 nitrogen and oxygen atoms in total. The third kappa shape index (κ3) is 3.14. The Morgan fingerprint density at radius 1 is 1.19 bits per heavy atom. The molecule has 21 heavy (non-hydrogen) atoms. The van der Waals surface area contributed by atoms with Crippen molar-refractivity contribution in [1.82, 2.24) is 19.5 Å². The van der Waals surface area contributed by atoms with E-state index in [1.807, 2.05) is 16.9 Å². The Labute approximate surface area is 124 Å². The van der Waals surface area contributed by atoms with Gasteiger partial charge in [-0.05, 0) is 31.0 Å². The molecule has 0 radical (unpaired) electrons. The highest BCUT2D eigenvalue weighted by Crippen LogP contribution is 2.29. The summed E-state index contributed by atoms with van der Waals surface area (Å²) in [6.07, 6.45) is 10.4. The topological polar surface area (TPSA) is 76.9 Å². The molecule has 1 fully saturated rings. The van der Waals surface area contributed by atoms with E-state index in [1.165, 1.54) is 6.20 Å². The second-order valence-corrected chi connectivity index (χ2v) is 6.97. The van der Waals surface area contributed by atoms with Gasteiger partial charge in [0, 0.05) is 30.8 Å². The van der Waals surface area contributed by atoms with Crippen molar-refractivity contribution < 1.29 is 8.42 Å². The zero-order valence-electron chi connectivity index (χ0n) is 11.6.